The number of nitrogens with one attached hydrogen (secondary N) is 1. The number of carbonyl (C=O) groups excluding carboxylic acids is 2. The first-order chi connectivity index (χ1) is 12.6. The summed E-state index contributed by atoms with van der Waals surface area (Å²) in [5.41, 5.74) is 1.09. The lowest BCUT2D eigenvalue weighted by molar-refractivity contribution is -0.127. The largest absolute Gasteiger partial charge is 0.459 e. The molecule has 1 aliphatic rings. The molecule has 1 aromatic heterocycles. The van der Waals surface area contributed by atoms with Gasteiger partial charge in [0.25, 0.3) is 5.91 Å². The highest BCUT2D eigenvalue weighted by molar-refractivity contribution is 9.10. The lowest BCUT2D eigenvalue weighted by Crippen LogP contribution is -2.46. The third-order valence-electron chi connectivity index (χ3n) is 4.81. The van der Waals surface area contributed by atoms with E-state index in [1.54, 1.807) is 17.0 Å². The predicted octanol–water partition coefficient (Wildman–Crippen LogP) is 4.16. The Hall–Kier alpha value is -2.08. The van der Waals surface area contributed by atoms with Gasteiger partial charge in [0.15, 0.2) is 5.76 Å². The topological polar surface area (TPSA) is 62.6 Å². The Bertz CT molecular complexity index is 743. The van der Waals surface area contributed by atoms with Crippen molar-refractivity contribution in [3.63, 3.8) is 0 Å². The van der Waals surface area contributed by atoms with Crippen molar-refractivity contribution in [2.45, 2.75) is 32.2 Å². The molecule has 2 amide bonds. The van der Waals surface area contributed by atoms with Crippen molar-refractivity contribution in [3.8, 4) is 0 Å². The Morgan fingerprint density at radius 3 is 2.73 bits per heavy atom. The first-order valence-electron chi connectivity index (χ1n) is 8.97. The number of rotatable bonds is 5. The van der Waals surface area contributed by atoms with Gasteiger partial charge in [-0.1, -0.05) is 35.0 Å². The summed E-state index contributed by atoms with van der Waals surface area (Å²) in [6.07, 6.45) is 3.92. The molecule has 3 rings (SSSR count). The molecule has 0 radical (unpaired) electrons. The molecule has 0 bridgehead atoms. The van der Waals surface area contributed by atoms with Crippen molar-refractivity contribution < 1.29 is 14.0 Å². The van der Waals surface area contributed by atoms with Crippen LogP contribution in [0.25, 0.3) is 0 Å². The van der Waals surface area contributed by atoms with Gasteiger partial charge in [0.05, 0.1) is 18.2 Å². The fourth-order valence-electron chi connectivity index (χ4n) is 3.34. The molecule has 2 unspecified atom stereocenters. The third kappa shape index (κ3) is 4.36. The Labute approximate surface area is 161 Å². The van der Waals surface area contributed by atoms with E-state index >= 15 is 0 Å². The molecule has 2 atom stereocenters. The number of furan rings is 1. The molecule has 0 aliphatic carbocycles. The molecule has 138 valence electrons. The second-order valence-electron chi connectivity index (χ2n) is 6.59. The molecule has 2 heterocycles. The number of halogens is 1. The highest BCUT2D eigenvalue weighted by Crippen LogP contribution is 2.23. The number of nitrogens with zero attached hydrogens (tertiary/aromatic N) is 1. The van der Waals surface area contributed by atoms with Gasteiger partial charge in [0.2, 0.25) is 5.91 Å². The minimum Gasteiger partial charge on any atom is -0.459 e. The minimum absolute atomic E-state index is 0.0108. The predicted molar refractivity (Wildman–Crippen MR) is 103 cm³/mol. The van der Waals surface area contributed by atoms with Crippen molar-refractivity contribution >= 4 is 27.7 Å². The number of hydrogen-bond donors (Lipinski definition) is 1. The van der Waals surface area contributed by atoms with Gasteiger partial charge in [0, 0.05) is 17.6 Å². The quantitative estimate of drug-likeness (QED) is 0.792. The molecule has 2 aromatic rings. The van der Waals surface area contributed by atoms with E-state index in [-0.39, 0.29) is 23.8 Å². The maximum absolute atomic E-state index is 12.8. The molecule has 1 N–H and O–H groups in total. The van der Waals surface area contributed by atoms with Crippen LogP contribution in [0.3, 0.4) is 0 Å². The average Bonchev–Trinajstić information content (AvgIpc) is 3.21. The van der Waals surface area contributed by atoms with Gasteiger partial charge in [0.1, 0.15) is 0 Å². The standard InChI is InChI=1S/C20H23BrN2O3/c1-2-17(14-7-9-16(21)10-8-14)22-19(24)15-5-3-11-23(13-15)20(25)18-6-4-12-26-18/h4,6-10,12,15,17H,2-3,5,11,13H2,1H3,(H,22,24). The molecule has 1 saturated heterocycles. The fraction of sp³-hybridized carbons (Fsp3) is 0.400. The van der Waals surface area contributed by atoms with E-state index in [9.17, 15) is 9.59 Å². The maximum Gasteiger partial charge on any atom is 0.289 e. The highest BCUT2D eigenvalue weighted by Gasteiger charge is 2.30. The number of likely N-dealkylation sites (tertiary alicyclic amines) is 1. The molecule has 26 heavy (non-hydrogen) atoms. The normalized spacial score (nSPS) is 18.4. The summed E-state index contributed by atoms with van der Waals surface area (Å²) in [5, 5.41) is 3.15. The van der Waals surface area contributed by atoms with Crippen LogP contribution in [0.15, 0.2) is 51.6 Å². The minimum atomic E-state index is -0.188. The van der Waals surface area contributed by atoms with Crippen molar-refractivity contribution in [3.05, 3.63) is 58.5 Å². The van der Waals surface area contributed by atoms with Gasteiger partial charge in [-0.3, -0.25) is 9.59 Å². The molecule has 1 aromatic carbocycles. The van der Waals surface area contributed by atoms with E-state index in [1.165, 1.54) is 6.26 Å². The molecule has 5 nitrogen and oxygen atoms in total. The van der Waals surface area contributed by atoms with Gasteiger partial charge in [-0.15, -0.1) is 0 Å². The Balaban J connectivity index is 1.63. The molecule has 0 spiro atoms. The van der Waals surface area contributed by atoms with Gasteiger partial charge in [-0.2, -0.15) is 0 Å². The van der Waals surface area contributed by atoms with Crippen molar-refractivity contribution in [1.82, 2.24) is 10.2 Å². The number of hydrogen-bond acceptors (Lipinski definition) is 3. The van der Waals surface area contributed by atoms with Gasteiger partial charge < -0.3 is 14.6 Å². The molecule has 1 aliphatic heterocycles. The lowest BCUT2D eigenvalue weighted by atomic mass is 9.95. The summed E-state index contributed by atoms with van der Waals surface area (Å²) < 4.78 is 6.21. The summed E-state index contributed by atoms with van der Waals surface area (Å²) in [6.45, 7) is 3.15. The van der Waals surface area contributed by atoms with Crippen LogP contribution in [0, 0.1) is 5.92 Å². The molecule has 0 saturated carbocycles. The summed E-state index contributed by atoms with van der Waals surface area (Å²) in [6, 6.07) is 11.3. The van der Waals surface area contributed by atoms with Crippen LogP contribution in [0.5, 0.6) is 0 Å². The van der Waals surface area contributed by atoms with Gasteiger partial charge >= 0.3 is 0 Å². The van der Waals surface area contributed by atoms with Gasteiger partial charge in [-0.05, 0) is 49.1 Å². The fourth-order valence-corrected chi connectivity index (χ4v) is 3.60. The molecule has 6 heteroatoms. The SMILES string of the molecule is CCC(NC(=O)C1CCCN(C(=O)c2ccco2)C1)c1ccc(Br)cc1. The molecule has 1 fully saturated rings. The van der Waals surface area contributed by atoms with Crippen molar-refractivity contribution in [2.75, 3.05) is 13.1 Å². The van der Waals surface area contributed by atoms with Crippen LogP contribution >= 0.6 is 15.9 Å². The molecular weight excluding hydrogens is 396 g/mol. The first kappa shape index (κ1) is 18.7. The Kier molecular flexibility index (Phi) is 6.14. The number of carbonyl (C=O) groups is 2. The zero-order valence-electron chi connectivity index (χ0n) is 14.8. The second kappa shape index (κ2) is 8.54. The van der Waals surface area contributed by atoms with Crippen LogP contribution in [0.2, 0.25) is 0 Å². The van der Waals surface area contributed by atoms with E-state index in [1.807, 2.05) is 24.3 Å². The third-order valence-corrected chi connectivity index (χ3v) is 5.34. The number of amides is 2. The lowest BCUT2D eigenvalue weighted by Gasteiger charge is -2.32. The average molecular weight is 419 g/mol. The first-order valence-corrected chi connectivity index (χ1v) is 9.76. The van der Waals surface area contributed by atoms with Crippen LogP contribution in [-0.2, 0) is 4.79 Å². The number of piperidine rings is 1. The van der Waals surface area contributed by atoms with E-state index in [2.05, 4.69) is 28.2 Å². The Morgan fingerprint density at radius 1 is 1.31 bits per heavy atom. The van der Waals surface area contributed by atoms with E-state index in [0.29, 0.717) is 18.8 Å². The van der Waals surface area contributed by atoms with Gasteiger partial charge in [-0.25, -0.2) is 0 Å². The summed E-state index contributed by atoms with van der Waals surface area (Å²) in [5.74, 6) is 0.00341. The molecular formula is C20H23BrN2O3. The Morgan fingerprint density at radius 2 is 2.08 bits per heavy atom. The van der Waals surface area contributed by atoms with Crippen LogP contribution < -0.4 is 5.32 Å². The monoisotopic (exact) mass is 418 g/mol. The zero-order valence-corrected chi connectivity index (χ0v) is 16.4. The zero-order chi connectivity index (χ0) is 18.5. The van der Waals surface area contributed by atoms with E-state index < -0.39 is 0 Å². The highest BCUT2D eigenvalue weighted by atomic mass is 79.9. The number of benzene rings is 1. The summed E-state index contributed by atoms with van der Waals surface area (Å²) in [7, 11) is 0. The summed E-state index contributed by atoms with van der Waals surface area (Å²) >= 11 is 3.43. The van der Waals surface area contributed by atoms with Crippen LogP contribution in [0.4, 0.5) is 0 Å². The van der Waals surface area contributed by atoms with E-state index in [0.717, 1.165) is 29.3 Å². The van der Waals surface area contributed by atoms with Crippen molar-refractivity contribution in [2.24, 2.45) is 5.92 Å². The smallest absolute Gasteiger partial charge is 0.289 e. The second-order valence-corrected chi connectivity index (χ2v) is 7.50. The van der Waals surface area contributed by atoms with Crippen LogP contribution in [0.1, 0.15) is 48.3 Å². The van der Waals surface area contributed by atoms with E-state index in [4.69, 9.17) is 4.42 Å². The maximum atomic E-state index is 12.8. The summed E-state index contributed by atoms with van der Waals surface area (Å²) in [4.78, 5) is 27.0. The van der Waals surface area contributed by atoms with Crippen LogP contribution in [-0.4, -0.2) is 29.8 Å². The van der Waals surface area contributed by atoms with Crippen molar-refractivity contribution in [1.29, 1.82) is 0 Å².